The second-order valence-electron chi connectivity index (χ2n) is 8.97. The third-order valence-electron chi connectivity index (χ3n) is 6.54. The van der Waals surface area contributed by atoms with Crippen molar-refractivity contribution in [2.45, 2.75) is 32.6 Å². The van der Waals surface area contributed by atoms with Gasteiger partial charge in [-0.3, -0.25) is 14.6 Å². The van der Waals surface area contributed by atoms with Crippen molar-refractivity contribution in [3.63, 3.8) is 0 Å². The quantitative estimate of drug-likeness (QED) is 0.410. The summed E-state index contributed by atoms with van der Waals surface area (Å²) in [4.78, 5) is 36.3. The summed E-state index contributed by atoms with van der Waals surface area (Å²) in [5.41, 5.74) is 5.93. The summed E-state index contributed by atoms with van der Waals surface area (Å²) in [5, 5.41) is 8.82. The highest BCUT2D eigenvalue weighted by Crippen LogP contribution is 2.44. The van der Waals surface area contributed by atoms with Crippen molar-refractivity contribution < 1.29 is 9.59 Å². The number of likely N-dealkylation sites (tertiary alicyclic amines) is 1. The van der Waals surface area contributed by atoms with Crippen molar-refractivity contribution in [1.29, 1.82) is 0 Å². The summed E-state index contributed by atoms with van der Waals surface area (Å²) in [6.45, 7) is 3.04. The number of aryl methyl sites for hydroxylation is 1. The number of nitrogens with one attached hydrogen (secondary N) is 1. The zero-order chi connectivity index (χ0) is 24.8. The van der Waals surface area contributed by atoms with Gasteiger partial charge in [0.2, 0.25) is 5.91 Å². The minimum absolute atomic E-state index is 0.00388. The van der Waals surface area contributed by atoms with Crippen LogP contribution < -0.4 is 5.32 Å². The largest absolute Gasteiger partial charge is 0.339 e. The standard InChI is InChI=1S/C26H23ClN6O2S/c1-15(34)29-26-30-20-8-7-18-22(17-5-4-10-28-14-17)31-33(23(18)24(20)36-26)21-9-6-16(13-19(21)27)25(35)32-11-2-3-12-32/h4-6,9-10,13-14H,2-3,7-8,11-12H2,1H3,(H,29,30,34). The van der Waals surface area contributed by atoms with Crippen molar-refractivity contribution in [3.05, 3.63) is 64.6 Å². The lowest BCUT2D eigenvalue weighted by Gasteiger charge is -2.17. The van der Waals surface area contributed by atoms with Gasteiger partial charge in [-0.2, -0.15) is 5.10 Å². The molecule has 182 valence electrons. The van der Waals surface area contributed by atoms with E-state index in [9.17, 15) is 9.59 Å². The molecule has 0 bridgehead atoms. The van der Waals surface area contributed by atoms with Gasteiger partial charge in [0.1, 0.15) is 0 Å². The van der Waals surface area contributed by atoms with Gasteiger partial charge in [-0.15, -0.1) is 0 Å². The molecule has 1 aliphatic carbocycles. The van der Waals surface area contributed by atoms with Crippen molar-refractivity contribution in [3.8, 4) is 27.5 Å². The zero-order valence-corrected chi connectivity index (χ0v) is 21.2. The van der Waals surface area contributed by atoms with E-state index in [1.54, 1.807) is 18.5 Å². The molecule has 1 saturated heterocycles. The molecule has 10 heteroatoms. The molecule has 1 aromatic carbocycles. The van der Waals surface area contributed by atoms with Crippen LogP contribution in [0.5, 0.6) is 0 Å². The number of halogens is 1. The molecule has 0 unspecified atom stereocenters. The van der Waals surface area contributed by atoms with Crippen molar-refractivity contribution in [2.24, 2.45) is 0 Å². The second-order valence-corrected chi connectivity index (χ2v) is 10.4. The fourth-order valence-electron chi connectivity index (χ4n) is 4.90. The predicted octanol–water partition coefficient (Wildman–Crippen LogP) is 5.00. The molecule has 4 aromatic rings. The lowest BCUT2D eigenvalue weighted by molar-refractivity contribution is -0.114. The molecule has 1 aliphatic heterocycles. The highest BCUT2D eigenvalue weighted by atomic mass is 35.5. The van der Waals surface area contributed by atoms with E-state index in [0.29, 0.717) is 21.4 Å². The maximum atomic E-state index is 12.9. The van der Waals surface area contributed by atoms with Crippen LogP contribution in [-0.4, -0.2) is 49.6 Å². The molecule has 8 nitrogen and oxygen atoms in total. The number of aromatic nitrogens is 4. The summed E-state index contributed by atoms with van der Waals surface area (Å²) in [7, 11) is 0. The van der Waals surface area contributed by atoms with E-state index in [1.807, 2.05) is 33.8 Å². The van der Waals surface area contributed by atoms with Crippen LogP contribution in [0.3, 0.4) is 0 Å². The third kappa shape index (κ3) is 3.98. The summed E-state index contributed by atoms with van der Waals surface area (Å²) in [6, 6.07) is 9.29. The van der Waals surface area contributed by atoms with E-state index in [0.717, 1.165) is 71.9 Å². The number of fused-ring (bicyclic) bond motifs is 3. The SMILES string of the molecule is CC(=O)Nc1nc2c(s1)-c1c(c(-c3cccnc3)nn1-c1ccc(C(=O)N3CCCC3)cc1Cl)CC2. The Morgan fingerprint density at radius 3 is 2.69 bits per heavy atom. The Morgan fingerprint density at radius 2 is 1.97 bits per heavy atom. The average Bonchev–Trinajstić information content (AvgIpc) is 3.62. The van der Waals surface area contributed by atoms with Crippen LogP contribution in [0.2, 0.25) is 5.02 Å². The number of carbonyl (C=O) groups is 2. The topological polar surface area (TPSA) is 93.0 Å². The fraction of sp³-hybridized carbons (Fsp3) is 0.269. The molecular weight excluding hydrogens is 496 g/mol. The molecule has 36 heavy (non-hydrogen) atoms. The van der Waals surface area contributed by atoms with E-state index >= 15 is 0 Å². The third-order valence-corrected chi connectivity index (χ3v) is 7.86. The van der Waals surface area contributed by atoms with Gasteiger partial charge in [0, 0.05) is 49.1 Å². The minimum atomic E-state index is -0.160. The van der Waals surface area contributed by atoms with Crippen molar-refractivity contribution >= 4 is 39.9 Å². The predicted molar refractivity (Wildman–Crippen MR) is 140 cm³/mol. The van der Waals surface area contributed by atoms with Crippen LogP contribution in [0.4, 0.5) is 5.13 Å². The first-order valence-corrected chi connectivity index (χ1v) is 13.1. The molecule has 0 atom stereocenters. The molecule has 0 saturated carbocycles. The number of amides is 2. The summed E-state index contributed by atoms with van der Waals surface area (Å²) < 4.78 is 1.85. The number of anilines is 1. The van der Waals surface area contributed by atoms with Gasteiger partial charge in [0.15, 0.2) is 5.13 Å². The summed E-state index contributed by atoms with van der Waals surface area (Å²) >= 11 is 8.23. The molecule has 2 aliphatic rings. The zero-order valence-electron chi connectivity index (χ0n) is 19.6. The fourth-order valence-corrected chi connectivity index (χ4v) is 6.27. The van der Waals surface area contributed by atoms with E-state index in [-0.39, 0.29) is 11.8 Å². The maximum Gasteiger partial charge on any atom is 0.253 e. The van der Waals surface area contributed by atoms with Crippen LogP contribution in [-0.2, 0) is 17.6 Å². The van der Waals surface area contributed by atoms with Gasteiger partial charge in [0.05, 0.1) is 32.7 Å². The number of carbonyl (C=O) groups excluding carboxylic acids is 2. The van der Waals surface area contributed by atoms with Crippen LogP contribution in [0.25, 0.3) is 27.5 Å². The number of benzene rings is 1. The van der Waals surface area contributed by atoms with Gasteiger partial charge in [-0.1, -0.05) is 22.9 Å². The highest BCUT2D eigenvalue weighted by molar-refractivity contribution is 7.19. The molecule has 1 N–H and O–H groups in total. The number of hydrogen-bond acceptors (Lipinski definition) is 6. The first kappa shape index (κ1) is 22.9. The van der Waals surface area contributed by atoms with Crippen molar-refractivity contribution in [1.82, 2.24) is 24.6 Å². The van der Waals surface area contributed by atoms with Gasteiger partial charge in [-0.25, -0.2) is 9.67 Å². The highest BCUT2D eigenvalue weighted by Gasteiger charge is 2.31. The Bertz CT molecular complexity index is 1490. The number of thiazole rings is 1. The molecule has 1 fully saturated rings. The summed E-state index contributed by atoms with van der Waals surface area (Å²) in [6.07, 6.45) is 7.10. The maximum absolute atomic E-state index is 12.9. The Kier molecular flexibility index (Phi) is 5.81. The minimum Gasteiger partial charge on any atom is -0.339 e. The van der Waals surface area contributed by atoms with E-state index in [2.05, 4.69) is 15.3 Å². The molecule has 4 heterocycles. The Morgan fingerprint density at radius 1 is 1.14 bits per heavy atom. The molecular formula is C26H23ClN6O2S. The van der Waals surface area contributed by atoms with E-state index < -0.39 is 0 Å². The monoisotopic (exact) mass is 518 g/mol. The van der Waals surface area contributed by atoms with Gasteiger partial charge in [-0.05, 0) is 56.0 Å². The van der Waals surface area contributed by atoms with Crippen LogP contribution in [0, 0.1) is 0 Å². The van der Waals surface area contributed by atoms with E-state index in [1.165, 1.54) is 18.3 Å². The smallest absolute Gasteiger partial charge is 0.253 e. The number of nitrogens with zero attached hydrogens (tertiary/aromatic N) is 5. The molecule has 2 amide bonds. The van der Waals surface area contributed by atoms with E-state index in [4.69, 9.17) is 16.7 Å². The van der Waals surface area contributed by atoms with Crippen molar-refractivity contribution in [2.75, 3.05) is 18.4 Å². The Balaban J connectivity index is 1.49. The molecule has 3 aromatic heterocycles. The van der Waals surface area contributed by atoms with Gasteiger partial charge < -0.3 is 10.2 Å². The normalized spacial score (nSPS) is 14.4. The Labute approximate surface area is 216 Å². The van der Waals surface area contributed by atoms with Gasteiger partial charge >= 0.3 is 0 Å². The number of hydrogen-bond donors (Lipinski definition) is 1. The molecule has 6 rings (SSSR count). The second kappa shape index (κ2) is 9.15. The Hall–Kier alpha value is -3.56. The first-order chi connectivity index (χ1) is 17.5. The number of pyridine rings is 1. The molecule has 0 radical (unpaired) electrons. The van der Waals surface area contributed by atoms with Gasteiger partial charge in [0.25, 0.3) is 5.91 Å². The summed E-state index contributed by atoms with van der Waals surface area (Å²) in [5.74, 6) is -0.156. The lowest BCUT2D eigenvalue weighted by Crippen LogP contribution is -2.27. The first-order valence-electron chi connectivity index (χ1n) is 11.9. The average molecular weight is 519 g/mol. The lowest BCUT2D eigenvalue weighted by atomic mass is 9.95. The molecule has 0 spiro atoms. The number of rotatable bonds is 4. The van der Waals surface area contributed by atoms with Crippen LogP contribution >= 0.6 is 22.9 Å². The van der Waals surface area contributed by atoms with Crippen LogP contribution in [0.15, 0.2) is 42.7 Å². The van der Waals surface area contributed by atoms with Crippen LogP contribution in [0.1, 0.15) is 41.4 Å².